The van der Waals surface area contributed by atoms with Gasteiger partial charge in [0.05, 0.1) is 17.7 Å². The highest BCUT2D eigenvalue weighted by atomic mass is 32.1. The average Bonchev–Trinajstić information content (AvgIpc) is 2.69. The number of halogens is 2. The van der Waals surface area contributed by atoms with Gasteiger partial charge in [-0.25, -0.2) is 13.8 Å². The molecule has 8 heteroatoms. The molecule has 0 aliphatic rings. The quantitative estimate of drug-likeness (QED) is 0.831. The van der Waals surface area contributed by atoms with Crippen LogP contribution < -0.4 is 0 Å². The Morgan fingerprint density at radius 1 is 1.25 bits per heavy atom. The van der Waals surface area contributed by atoms with Crippen LogP contribution in [0.3, 0.4) is 0 Å². The van der Waals surface area contributed by atoms with Crippen molar-refractivity contribution in [3.05, 3.63) is 40.4 Å². The zero-order chi connectivity index (χ0) is 14.7. The van der Waals surface area contributed by atoms with Gasteiger partial charge in [-0.3, -0.25) is 15.3 Å². The van der Waals surface area contributed by atoms with Crippen molar-refractivity contribution < 1.29 is 24.0 Å². The molecule has 0 spiro atoms. The van der Waals surface area contributed by atoms with Crippen molar-refractivity contribution >= 4 is 11.3 Å². The topological polar surface area (TPSA) is 65.8 Å². The number of hydrogen-bond donors (Lipinski definition) is 2. The first kappa shape index (κ1) is 14.9. The average molecular weight is 302 g/mol. The molecule has 20 heavy (non-hydrogen) atoms. The molecule has 0 unspecified atom stereocenters. The number of thiazole rings is 1. The van der Waals surface area contributed by atoms with Crippen LogP contribution in [-0.2, 0) is 11.3 Å². The summed E-state index contributed by atoms with van der Waals surface area (Å²) in [5.41, 5.74) is 1.08. The number of hydrogen-bond acceptors (Lipinski definition) is 6. The van der Waals surface area contributed by atoms with Crippen LogP contribution in [0.5, 0.6) is 0 Å². The Kier molecular flexibility index (Phi) is 4.73. The van der Waals surface area contributed by atoms with Crippen LogP contribution in [0.2, 0.25) is 0 Å². The van der Waals surface area contributed by atoms with E-state index in [0.717, 1.165) is 10.9 Å². The summed E-state index contributed by atoms with van der Waals surface area (Å²) in [4.78, 5) is 9.55. The lowest BCUT2D eigenvalue weighted by atomic mass is 10.2. The van der Waals surface area contributed by atoms with Crippen LogP contribution in [-0.4, -0.2) is 27.4 Å². The Bertz CT molecular complexity index is 584. The van der Waals surface area contributed by atoms with Crippen LogP contribution in [0.15, 0.2) is 18.2 Å². The lowest BCUT2D eigenvalue weighted by Crippen LogP contribution is -2.16. The highest BCUT2D eigenvalue weighted by Crippen LogP contribution is 2.29. The smallest absolute Gasteiger partial charge is 0.126 e. The Hall–Kier alpha value is -1.45. The van der Waals surface area contributed by atoms with Crippen molar-refractivity contribution in [1.82, 2.24) is 10.4 Å². The summed E-state index contributed by atoms with van der Waals surface area (Å²) in [7, 11) is 0. The first-order chi connectivity index (χ1) is 9.45. The van der Waals surface area contributed by atoms with E-state index in [1.165, 1.54) is 23.5 Å². The van der Waals surface area contributed by atoms with Gasteiger partial charge < -0.3 is 0 Å². The van der Waals surface area contributed by atoms with Gasteiger partial charge in [-0.15, -0.1) is 11.3 Å². The maximum atomic E-state index is 13.2. The van der Waals surface area contributed by atoms with E-state index in [-0.39, 0.29) is 12.0 Å². The molecule has 2 aromatic rings. The second-order valence-corrected chi connectivity index (χ2v) is 5.11. The largest absolute Gasteiger partial charge is 0.266 e. The van der Waals surface area contributed by atoms with Crippen LogP contribution in [0.1, 0.15) is 10.6 Å². The Morgan fingerprint density at radius 3 is 2.50 bits per heavy atom. The summed E-state index contributed by atoms with van der Waals surface area (Å²) in [5, 5.41) is 17.0. The lowest BCUT2D eigenvalue weighted by molar-refractivity contribution is -0.492. The third-order valence-electron chi connectivity index (χ3n) is 2.54. The minimum absolute atomic E-state index is 0.0486. The number of nitrogens with zero attached hydrogens (tertiary/aromatic N) is 2. The second kappa shape index (κ2) is 6.33. The number of aryl methyl sites for hydroxylation is 1. The SMILES string of the molecule is Cc1nc(-c2cc(F)cc(F)c2)sc1CCON(O)O. The number of aromatic nitrogens is 1. The van der Waals surface area contributed by atoms with Gasteiger partial charge in [0.1, 0.15) is 16.6 Å². The van der Waals surface area contributed by atoms with Gasteiger partial charge in [-0.1, -0.05) is 0 Å². The van der Waals surface area contributed by atoms with Crippen molar-refractivity contribution in [3.8, 4) is 10.6 Å². The first-order valence-electron chi connectivity index (χ1n) is 5.69. The van der Waals surface area contributed by atoms with E-state index < -0.39 is 11.6 Å². The summed E-state index contributed by atoms with van der Waals surface area (Å²) < 4.78 is 26.3. The molecular formula is C12H12F2N2O3S. The van der Waals surface area contributed by atoms with Crippen LogP contribution in [0.4, 0.5) is 8.78 Å². The van der Waals surface area contributed by atoms with Crippen molar-refractivity contribution in [3.63, 3.8) is 0 Å². The summed E-state index contributed by atoms with van der Waals surface area (Å²) in [5.74, 6) is -1.32. The number of rotatable bonds is 5. The molecule has 2 rings (SSSR count). The molecule has 2 N–H and O–H groups in total. The lowest BCUT2D eigenvalue weighted by Gasteiger charge is -2.04. The molecule has 0 atom stereocenters. The molecule has 1 heterocycles. The molecule has 108 valence electrons. The van der Waals surface area contributed by atoms with E-state index in [2.05, 4.69) is 9.82 Å². The summed E-state index contributed by atoms with van der Waals surface area (Å²) in [6, 6.07) is 3.23. The molecule has 1 aromatic carbocycles. The van der Waals surface area contributed by atoms with Gasteiger partial charge >= 0.3 is 0 Å². The van der Waals surface area contributed by atoms with Gasteiger partial charge in [0.2, 0.25) is 0 Å². The van der Waals surface area contributed by atoms with Gasteiger partial charge in [0.25, 0.3) is 0 Å². The van der Waals surface area contributed by atoms with E-state index in [4.69, 9.17) is 10.4 Å². The summed E-state index contributed by atoms with van der Waals surface area (Å²) >= 11 is 1.28. The third kappa shape index (κ3) is 3.78. The molecule has 0 radical (unpaired) electrons. The molecule has 0 aliphatic heterocycles. The molecule has 0 aliphatic carbocycles. The van der Waals surface area contributed by atoms with Crippen molar-refractivity contribution in [2.24, 2.45) is 0 Å². The second-order valence-electron chi connectivity index (χ2n) is 4.02. The highest BCUT2D eigenvalue weighted by molar-refractivity contribution is 7.15. The summed E-state index contributed by atoms with van der Waals surface area (Å²) in [6.07, 6.45) is 0.402. The van der Waals surface area contributed by atoms with Gasteiger partial charge in [-0.2, -0.15) is 0 Å². The summed E-state index contributed by atoms with van der Waals surface area (Å²) in [6.45, 7) is 1.81. The zero-order valence-corrected chi connectivity index (χ0v) is 11.3. The maximum Gasteiger partial charge on any atom is 0.126 e. The Labute approximate surface area is 117 Å². The minimum Gasteiger partial charge on any atom is -0.266 e. The van der Waals surface area contributed by atoms with Crippen molar-refractivity contribution in [1.29, 1.82) is 0 Å². The molecular weight excluding hydrogens is 290 g/mol. The molecule has 0 bridgehead atoms. The first-order valence-corrected chi connectivity index (χ1v) is 6.51. The van der Waals surface area contributed by atoms with E-state index in [1.54, 1.807) is 6.92 Å². The predicted molar refractivity (Wildman–Crippen MR) is 67.3 cm³/mol. The van der Waals surface area contributed by atoms with Gasteiger partial charge in [0, 0.05) is 22.9 Å². The van der Waals surface area contributed by atoms with Crippen LogP contribution in [0, 0.1) is 18.6 Å². The predicted octanol–water partition coefficient (Wildman–Crippen LogP) is 2.95. The van der Waals surface area contributed by atoms with Crippen molar-refractivity contribution in [2.45, 2.75) is 13.3 Å². The van der Waals surface area contributed by atoms with Crippen LogP contribution >= 0.6 is 11.3 Å². The molecule has 0 fully saturated rings. The monoisotopic (exact) mass is 302 g/mol. The number of benzene rings is 1. The zero-order valence-electron chi connectivity index (χ0n) is 10.5. The molecule has 0 saturated heterocycles. The minimum atomic E-state index is -0.658. The molecule has 5 nitrogen and oxygen atoms in total. The van der Waals surface area contributed by atoms with Crippen molar-refractivity contribution in [2.75, 3.05) is 6.61 Å². The van der Waals surface area contributed by atoms with E-state index in [0.29, 0.717) is 22.7 Å². The maximum absolute atomic E-state index is 13.2. The standard InChI is InChI=1S/C12H12F2N2O3S/c1-7-11(2-3-19-16(17)18)20-12(15-7)8-4-9(13)6-10(14)5-8/h4-6,17-18H,2-3H2,1H3. The van der Waals surface area contributed by atoms with Crippen LogP contribution in [0.25, 0.3) is 10.6 Å². The normalized spacial score (nSPS) is 11.3. The molecule has 0 amide bonds. The van der Waals surface area contributed by atoms with E-state index >= 15 is 0 Å². The van der Waals surface area contributed by atoms with Gasteiger partial charge in [-0.05, 0) is 19.1 Å². The Morgan fingerprint density at radius 2 is 1.90 bits per heavy atom. The highest BCUT2D eigenvalue weighted by Gasteiger charge is 2.12. The molecule has 0 saturated carbocycles. The fourth-order valence-electron chi connectivity index (χ4n) is 1.68. The van der Waals surface area contributed by atoms with E-state index in [9.17, 15) is 8.78 Å². The van der Waals surface area contributed by atoms with Gasteiger partial charge in [0.15, 0.2) is 0 Å². The fraction of sp³-hybridized carbons (Fsp3) is 0.250. The Balaban J connectivity index is 2.17. The third-order valence-corrected chi connectivity index (χ3v) is 3.80. The van der Waals surface area contributed by atoms with E-state index in [1.807, 2.05) is 0 Å². The molecule has 1 aromatic heterocycles. The fourth-order valence-corrected chi connectivity index (χ4v) is 2.71.